The minimum Gasteiger partial charge on any atom is -0.299 e. The number of benzene rings is 2. The Morgan fingerprint density at radius 1 is 1.26 bits per heavy atom. The second-order valence-electron chi connectivity index (χ2n) is 5.20. The van der Waals surface area contributed by atoms with Crippen molar-refractivity contribution in [1.29, 1.82) is 0 Å². The van der Waals surface area contributed by atoms with Gasteiger partial charge in [0.05, 0.1) is 20.5 Å². The third kappa shape index (κ3) is 4.82. The fourth-order valence-electron chi connectivity index (χ4n) is 2.11. The molecule has 0 atom stereocenters. The number of nitrogens with zero attached hydrogens (tertiary/aromatic N) is 3. The lowest BCUT2D eigenvalue weighted by Crippen LogP contribution is -2.19. The Labute approximate surface area is 171 Å². The summed E-state index contributed by atoms with van der Waals surface area (Å²) in [4.78, 5) is 22.9. The molecule has 10 heteroatoms. The van der Waals surface area contributed by atoms with E-state index in [0.717, 1.165) is 11.8 Å². The van der Waals surface area contributed by atoms with Crippen LogP contribution >= 0.6 is 39.3 Å². The highest BCUT2D eigenvalue weighted by molar-refractivity contribution is 9.10. The first-order chi connectivity index (χ1) is 12.9. The monoisotopic (exact) mass is 464 g/mol. The third-order valence-corrected chi connectivity index (χ3v) is 5.28. The van der Waals surface area contributed by atoms with E-state index in [4.69, 9.17) is 11.6 Å². The highest BCUT2D eigenvalue weighted by Gasteiger charge is 2.24. The van der Waals surface area contributed by atoms with Gasteiger partial charge < -0.3 is 0 Å². The van der Waals surface area contributed by atoms with E-state index < -0.39 is 4.92 Å². The lowest BCUT2D eigenvalue weighted by molar-refractivity contribution is -0.385. The van der Waals surface area contributed by atoms with Crippen molar-refractivity contribution in [3.05, 3.63) is 78.1 Å². The minimum atomic E-state index is -0.496. The fraction of sp³-hybridized carbons (Fsp3) is 0. The fourth-order valence-corrected chi connectivity index (χ4v) is 3.46. The van der Waals surface area contributed by atoms with E-state index in [9.17, 15) is 14.9 Å². The standard InChI is InChI=1S/C17H10BrClN4O3S/c18-12-6-5-10(7-14(12)23(25)26)8-15-16(24)21-17(27-15)22-20-9-11-3-1-2-4-13(11)19/h1-9H,(H,21,22,24)/b15-8+,20-9-. The number of thioether (sulfide) groups is 1. The Balaban J connectivity index is 1.77. The second kappa shape index (κ2) is 8.47. The van der Waals surface area contributed by atoms with Crippen LogP contribution in [0.4, 0.5) is 5.69 Å². The molecule has 0 aromatic heterocycles. The number of nitro groups is 1. The molecule has 1 saturated heterocycles. The van der Waals surface area contributed by atoms with Gasteiger partial charge in [-0.05, 0) is 51.5 Å². The molecule has 1 heterocycles. The molecular formula is C17H10BrClN4O3S. The van der Waals surface area contributed by atoms with Crippen molar-refractivity contribution < 1.29 is 9.72 Å². The maximum atomic E-state index is 12.1. The number of nitrogens with one attached hydrogen (secondary N) is 1. The molecule has 1 amide bonds. The molecular weight excluding hydrogens is 456 g/mol. The second-order valence-corrected chi connectivity index (χ2v) is 7.50. The smallest absolute Gasteiger partial charge is 0.284 e. The minimum absolute atomic E-state index is 0.0778. The van der Waals surface area contributed by atoms with Gasteiger partial charge in [0.25, 0.3) is 11.6 Å². The molecule has 2 aromatic rings. The largest absolute Gasteiger partial charge is 0.299 e. The molecule has 1 N–H and O–H groups in total. The highest BCUT2D eigenvalue weighted by atomic mass is 79.9. The number of halogens is 2. The number of carbonyl (C=O) groups excluding carboxylic acids is 1. The predicted octanol–water partition coefficient (Wildman–Crippen LogP) is 4.60. The summed E-state index contributed by atoms with van der Waals surface area (Å²) in [6.45, 7) is 0. The lowest BCUT2D eigenvalue weighted by Gasteiger charge is -1.98. The summed E-state index contributed by atoms with van der Waals surface area (Å²) in [5.74, 6) is -0.350. The first-order valence-corrected chi connectivity index (χ1v) is 9.43. The zero-order valence-corrected chi connectivity index (χ0v) is 16.6. The SMILES string of the molecule is O=C1N/C(=N/N=C\c2ccccc2Cl)S/C1=C/c1ccc(Br)c([N+](=O)[O-])c1. The summed E-state index contributed by atoms with van der Waals surface area (Å²) in [7, 11) is 0. The molecule has 136 valence electrons. The van der Waals surface area contributed by atoms with Crippen molar-refractivity contribution in [2.75, 3.05) is 0 Å². The van der Waals surface area contributed by atoms with E-state index in [2.05, 4.69) is 31.4 Å². The number of rotatable bonds is 4. The lowest BCUT2D eigenvalue weighted by atomic mass is 10.2. The van der Waals surface area contributed by atoms with Gasteiger partial charge in [-0.15, -0.1) is 5.10 Å². The average Bonchev–Trinajstić information content (AvgIpc) is 2.97. The van der Waals surface area contributed by atoms with Crippen LogP contribution in [0, 0.1) is 10.1 Å². The Morgan fingerprint density at radius 2 is 2.04 bits per heavy atom. The van der Waals surface area contributed by atoms with Crippen LogP contribution in [-0.4, -0.2) is 22.2 Å². The molecule has 0 aliphatic carbocycles. The van der Waals surface area contributed by atoms with Gasteiger partial charge >= 0.3 is 0 Å². The van der Waals surface area contributed by atoms with Crippen molar-refractivity contribution in [2.45, 2.75) is 0 Å². The highest BCUT2D eigenvalue weighted by Crippen LogP contribution is 2.30. The molecule has 27 heavy (non-hydrogen) atoms. The number of nitro benzene ring substituents is 1. The summed E-state index contributed by atoms with van der Waals surface area (Å²) >= 11 is 10.2. The van der Waals surface area contributed by atoms with E-state index in [-0.39, 0.29) is 11.6 Å². The van der Waals surface area contributed by atoms with Crippen molar-refractivity contribution in [2.24, 2.45) is 10.2 Å². The van der Waals surface area contributed by atoms with Gasteiger partial charge in [0.15, 0.2) is 5.17 Å². The molecule has 7 nitrogen and oxygen atoms in total. The molecule has 2 aromatic carbocycles. The van der Waals surface area contributed by atoms with E-state index in [1.165, 1.54) is 12.3 Å². The maximum Gasteiger partial charge on any atom is 0.284 e. The first kappa shape index (κ1) is 19.3. The molecule has 3 rings (SSSR count). The maximum absolute atomic E-state index is 12.1. The Bertz CT molecular complexity index is 1020. The Morgan fingerprint density at radius 3 is 2.78 bits per heavy atom. The quantitative estimate of drug-likeness (QED) is 0.309. The number of carbonyl (C=O) groups is 1. The van der Waals surface area contributed by atoms with E-state index in [1.807, 2.05) is 12.1 Å². The topological polar surface area (TPSA) is 97.0 Å². The van der Waals surface area contributed by atoms with Crippen LogP contribution in [-0.2, 0) is 4.79 Å². The first-order valence-electron chi connectivity index (χ1n) is 7.44. The van der Waals surface area contributed by atoms with Crippen molar-refractivity contribution in [3.8, 4) is 0 Å². The van der Waals surface area contributed by atoms with E-state index >= 15 is 0 Å². The summed E-state index contributed by atoms with van der Waals surface area (Å²) in [5.41, 5.74) is 1.16. The van der Waals surface area contributed by atoms with Gasteiger partial charge in [-0.3, -0.25) is 20.2 Å². The van der Waals surface area contributed by atoms with Crippen LogP contribution in [0.3, 0.4) is 0 Å². The number of amidine groups is 1. The van der Waals surface area contributed by atoms with Crippen molar-refractivity contribution in [3.63, 3.8) is 0 Å². The number of amides is 1. The number of hydrogen-bond donors (Lipinski definition) is 1. The van der Waals surface area contributed by atoms with Gasteiger partial charge in [0, 0.05) is 16.7 Å². The molecule has 1 aliphatic rings. The summed E-state index contributed by atoms with van der Waals surface area (Å²) in [6, 6.07) is 11.8. The van der Waals surface area contributed by atoms with Gasteiger partial charge in [0.1, 0.15) is 0 Å². The molecule has 1 aliphatic heterocycles. The molecule has 0 radical (unpaired) electrons. The van der Waals surface area contributed by atoms with Gasteiger partial charge in [-0.1, -0.05) is 35.9 Å². The summed E-state index contributed by atoms with van der Waals surface area (Å²) < 4.78 is 0.370. The molecule has 0 saturated carbocycles. The zero-order chi connectivity index (χ0) is 19.4. The van der Waals surface area contributed by atoms with Gasteiger partial charge in [-0.25, -0.2) is 0 Å². The van der Waals surface area contributed by atoms with Crippen LogP contribution in [0.1, 0.15) is 11.1 Å². The Hall–Kier alpha value is -2.49. The van der Waals surface area contributed by atoms with Crippen LogP contribution in [0.25, 0.3) is 6.08 Å². The normalized spacial score (nSPS) is 17.0. The summed E-state index contributed by atoms with van der Waals surface area (Å²) in [5, 5.41) is 22.3. The van der Waals surface area contributed by atoms with Crippen molar-refractivity contribution >= 4 is 68.3 Å². The average molecular weight is 466 g/mol. The van der Waals surface area contributed by atoms with E-state index in [0.29, 0.717) is 30.7 Å². The van der Waals surface area contributed by atoms with Crippen LogP contribution < -0.4 is 5.32 Å². The van der Waals surface area contributed by atoms with Gasteiger partial charge in [0.2, 0.25) is 0 Å². The molecule has 0 bridgehead atoms. The summed E-state index contributed by atoms with van der Waals surface area (Å²) in [6.07, 6.45) is 3.04. The van der Waals surface area contributed by atoms with Crippen LogP contribution in [0.5, 0.6) is 0 Å². The van der Waals surface area contributed by atoms with Gasteiger partial charge in [-0.2, -0.15) is 5.10 Å². The molecule has 1 fully saturated rings. The van der Waals surface area contributed by atoms with E-state index in [1.54, 1.807) is 30.3 Å². The Kier molecular flexibility index (Phi) is 6.04. The number of hydrogen-bond acceptors (Lipinski definition) is 6. The van der Waals surface area contributed by atoms with Crippen molar-refractivity contribution in [1.82, 2.24) is 5.32 Å². The molecule has 0 spiro atoms. The zero-order valence-electron chi connectivity index (χ0n) is 13.4. The molecule has 0 unspecified atom stereocenters. The third-order valence-electron chi connectivity index (χ3n) is 3.37. The van der Waals surface area contributed by atoms with Crippen LogP contribution in [0.2, 0.25) is 5.02 Å². The predicted molar refractivity (Wildman–Crippen MR) is 111 cm³/mol. The van der Waals surface area contributed by atoms with Crippen LogP contribution in [0.15, 0.2) is 62.0 Å².